The van der Waals surface area contributed by atoms with Crippen LogP contribution in [-0.4, -0.2) is 62.3 Å². The van der Waals surface area contributed by atoms with Gasteiger partial charge < -0.3 is 18.8 Å². The van der Waals surface area contributed by atoms with Crippen LogP contribution in [0.1, 0.15) is 24.8 Å². The molecule has 35 heavy (non-hydrogen) atoms. The Bertz CT molecular complexity index is 1190. The van der Waals surface area contributed by atoms with Gasteiger partial charge >= 0.3 is 0 Å². The molecule has 1 aliphatic carbocycles. The largest absolute Gasteiger partial charge is 0.495 e. The molecule has 0 saturated carbocycles. The van der Waals surface area contributed by atoms with Crippen LogP contribution >= 0.6 is 23.2 Å². The number of aliphatic imine (C=N–C) groups is 1. The van der Waals surface area contributed by atoms with Crippen molar-refractivity contribution < 1.29 is 22.6 Å². The number of aromatic nitrogens is 2. The molecule has 2 aromatic rings. The molecule has 2 atom stereocenters. The van der Waals surface area contributed by atoms with Crippen molar-refractivity contribution in [1.82, 2.24) is 14.3 Å². The molecule has 1 fully saturated rings. The highest BCUT2D eigenvalue weighted by atomic mass is 35.5. The van der Waals surface area contributed by atoms with Crippen LogP contribution in [0.25, 0.3) is 0 Å². The summed E-state index contributed by atoms with van der Waals surface area (Å²) < 4.78 is 45.2. The standard InChI is InChI=1S/C23H28Cl2N4O5S/c1-35(30,31)28-9-8-27-18-3-5-19(6-4-18)32-13-20-14-33-23(34-20,15-29-11-10-26-16-29)21-7-2-17(24)12-22(21)25/h2,5,7,10-12,16,20,28H,3-4,6,8-9,13-15H2,1H3. The first-order chi connectivity index (χ1) is 16.7. The summed E-state index contributed by atoms with van der Waals surface area (Å²) >= 11 is 12.6. The Morgan fingerprint density at radius 3 is 2.89 bits per heavy atom. The minimum absolute atomic E-state index is 0.289. The first-order valence-corrected chi connectivity index (χ1v) is 13.9. The van der Waals surface area contributed by atoms with Crippen molar-refractivity contribution in [2.75, 3.05) is 32.6 Å². The number of nitrogens with one attached hydrogen (secondary N) is 1. The van der Waals surface area contributed by atoms with Crippen molar-refractivity contribution in [3.05, 3.63) is 64.4 Å². The van der Waals surface area contributed by atoms with Crippen LogP contribution < -0.4 is 4.72 Å². The molecule has 9 nitrogen and oxygen atoms in total. The maximum absolute atomic E-state index is 11.1. The molecule has 1 saturated heterocycles. The van der Waals surface area contributed by atoms with Gasteiger partial charge in [-0.25, -0.2) is 18.1 Å². The van der Waals surface area contributed by atoms with Gasteiger partial charge in [-0.05, 0) is 24.6 Å². The highest BCUT2D eigenvalue weighted by molar-refractivity contribution is 7.88. The van der Waals surface area contributed by atoms with Gasteiger partial charge in [-0.15, -0.1) is 0 Å². The van der Waals surface area contributed by atoms with E-state index in [1.165, 1.54) is 0 Å². The van der Waals surface area contributed by atoms with Gasteiger partial charge in [0.2, 0.25) is 15.8 Å². The molecule has 1 aliphatic heterocycles. The summed E-state index contributed by atoms with van der Waals surface area (Å²) in [4.78, 5) is 8.58. The van der Waals surface area contributed by atoms with Crippen molar-refractivity contribution in [2.24, 2.45) is 4.99 Å². The van der Waals surface area contributed by atoms with E-state index in [0.29, 0.717) is 54.9 Å². The van der Waals surface area contributed by atoms with Crippen LogP contribution in [0.3, 0.4) is 0 Å². The van der Waals surface area contributed by atoms with E-state index < -0.39 is 15.8 Å². The van der Waals surface area contributed by atoms with E-state index in [-0.39, 0.29) is 6.10 Å². The lowest BCUT2D eigenvalue weighted by Gasteiger charge is -2.30. The van der Waals surface area contributed by atoms with Gasteiger partial charge in [0.05, 0.1) is 43.1 Å². The van der Waals surface area contributed by atoms with E-state index in [9.17, 15) is 8.42 Å². The minimum atomic E-state index is -3.19. The summed E-state index contributed by atoms with van der Waals surface area (Å²) in [6.45, 7) is 1.79. The molecule has 0 amide bonds. The fraction of sp³-hybridized carbons (Fsp3) is 0.478. The third kappa shape index (κ3) is 7.28. The lowest BCUT2D eigenvalue weighted by atomic mass is 10.0. The topological polar surface area (TPSA) is 104 Å². The second-order valence-corrected chi connectivity index (χ2v) is 11.1. The zero-order valence-corrected chi connectivity index (χ0v) is 21.7. The zero-order valence-electron chi connectivity index (χ0n) is 19.3. The van der Waals surface area contributed by atoms with Gasteiger partial charge in [0.1, 0.15) is 12.7 Å². The van der Waals surface area contributed by atoms with E-state index in [4.69, 9.17) is 37.4 Å². The number of benzene rings is 1. The lowest BCUT2D eigenvalue weighted by Crippen LogP contribution is -2.34. The first-order valence-electron chi connectivity index (χ1n) is 11.2. The Kier molecular flexibility index (Phi) is 8.51. The number of halogens is 2. The van der Waals surface area contributed by atoms with Crippen molar-refractivity contribution in [1.29, 1.82) is 0 Å². The number of rotatable bonds is 10. The number of hydrogen-bond donors (Lipinski definition) is 1. The van der Waals surface area contributed by atoms with Crippen LogP contribution in [0.5, 0.6) is 0 Å². The highest BCUT2D eigenvalue weighted by Crippen LogP contribution is 2.40. The molecule has 2 unspecified atom stereocenters. The van der Waals surface area contributed by atoms with E-state index in [0.717, 1.165) is 30.6 Å². The molecule has 2 aliphatic rings. The molecular weight excluding hydrogens is 515 g/mol. The van der Waals surface area contributed by atoms with Gasteiger partial charge in [-0.2, -0.15) is 0 Å². The van der Waals surface area contributed by atoms with Gasteiger partial charge in [-0.1, -0.05) is 29.3 Å². The molecule has 1 aromatic heterocycles. The summed E-state index contributed by atoms with van der Waals surface area (Å²) in [6, 6.07) is 5.26. The van der Waals surface area contributed by atoms with Crippen LogP contribution in [0.4, 0.5) is 0 Å². The van der Waals surface area contributed by atoms with E-state index in [2.05, 4.69) is 14.7 Å². The average Bonchev–Trinajstić information content (AvgIpc) is 3.46. The molecule has 0 radical (unpaired) electrons. The van der Waals surface area contributed by atoms with Crippen LogP contribution in [0.15, 0.2) is 53.7 Å². The average molecular weight is 543 g/mol. The van der Waals surface area contributed by atoms with Crippen LogP contribution in [0, 0.1) is 0 Å². The van der Waals surface area contributed by atoms with E-state index in [1.54, 1.807) is 24.7 Å². The number of hydrogen-bond acceptors (Lipinski definition) is 7. The van der Waals surface area contributed by atoms with Crippen molar-refractivity contribution in [2.45, 2.75) is 37.7 Å². The Hall–Kier alpha value is -1.95. The van der Waals surface area contributed by atoms with Crippen molar-refractivity contribution in [3.63, 3.8) is 0 Å². The SMILES string of the molecule is CS(=O)(=O)NCCN=C1CC=C(OCC2COC(Cn3ccnc3)(c3ccc(Cl)cc3Cl)O2)CC1. The number of imidazole rings is 1. The predicted octanol–water partition coefficient (Wildman–Crippen LogP) is 3.53. The molecule has 1 N–H and O–H groups in total. The summed E-state index contributed by atoms with van der Waals surface area (Å²) in [7, 11) is -3.19. The number of allylic oxidation sites excluding steroid dienone is 2. The van der Waals surface area contributed by atoms with Crippen molar-refractivity contribution >= 4 is 38.9 Å². The highest BCUT2D eigenvalue weighted by Gasteiger charge is 2.45. The molecule has 0 bridgehead atoms. The van der Waals surface area contributed by atoms with E-state index >= 15 is 0 Å². The molecule has 0 spiro atoms. The van der Waals surface area contributed by atoms with Crippen LogP contribution in [0.2, 0.25) is 10.0 Å². The number of nitrogens with zero attached hydrogens (tertiary/aromatic N) is 3. The number of sulfonamides is 1. The Morgan fingerprint density at radius 2 is 2.20 bits per heavy atom. The molecule has 12 heteroatoms. The quantitative estimate of drug-likeness (QED) is 0.460. The molecular formula is C23H28Cl2N4O5S. The van der Waals surface area contributed by atoms with Gasteiger partial charge in [-0.3, -0.25) is 4.99 Å². The van der Waals surface area contributed by atoms with E-state index in [1.807, 2.05) is 22.9 Å². The Morgan fingerprint density at radius 1 is 1.34 bits per heavy atom. The summed E-state index contributed by atoms with van der Waals surface area (Å²) in [5.74, 6) is -0.199. The second-order valence-electron chi connectivity index (χ2n) is 8.46. The summed E-state index contributed by atoms with van der Waals surface area (Å²) in [6.07, 6.45) is 10.3. The predicted molar refractivity (Wildman–Crippen MR) is 134 cm³/mol. The maximum atomic E-state index is 11.1. The molecule has 1 aromatic carbocycles. The Labute approximate surface area is 215 Å². The number of ether oxygens (including phenoxy) is 3. The summed E-state index contributed by atoms with van der Waals surface area (Å²) in [5.41, 5.74) is 1.73. The minimum Gasteiger partial charge on any atom is -0.495 e. The maximum Gasteiger partial charge on any atom is 0.215 e. The normalized spacial score (nSPS) is 24.0. The van der Waals surface area contributed by atoms with Gasteiger partial charge in [0.15, 0.2) is 0 Å². The van der Waals surface area contributed by atoms with Crippen LogP contribution in [-0.2, 0) is 36.6 Å². The van der Waals surface area contributed by atoms with Crippen molar-refractivity contribution in [3.8, 4) is 0 Å². The monoisotopic (exact) mass is 542 g/mol. The fourth-order valence-corrected chi connectivity index (χ4v) is 5.01. The Balaban J connectivity index is 1.34. The smallest absolute Gasteiger partial charge is 0.215 e. The fourth-order valence-electron chi connectivity index (χ4n) is 4.00. The zero-order chi connectivity index (χ0) is 24.9. The van der Waals surface area contributed by atoms with Gasteiger partial charge in [0, 0.05) is 48.1 Å². The van der Waals surface area contributed by atoms with Gasteiger partial charge in [0.25, 0.3) is 0 Å². The third-order valence-electron chi connectivity index (χ3n) is 5.64. The first kappa shape index (κ1) is 26.1. The lowest BCUT2D eigenvalue weighted by molar-refractivity contribution is -0.190. The summed E-state index contributed by atoms with van der Waals surface area (Å²) in [5, 5.41) is 1.00. The second kappa shape index (κ2) is 11.4. The molecule has 2 heterocycles. The third-order valence-corrected chi connectivity index (χ3v) is 6.92. The molecule has 190 valence electrons. The molecule has 4 rings (SSSR count).